The van der Waals surface area contributed by atoms with Gasteiger partial charge >= 0.3 is 5.97 Å². The first-order chi connectivity index (χ1) is 8.74. The van der Waals surface area contributed by atoms with E-state index in [0.717, 1.165) is 11.3 Å². The topological polar surface area (TPSA) is 61.6 Å². The van der Waals surface area contributed by atoms with Crippen molar-refractivity contribution in [3.63, 3.8) is 0 Å². The molecule has 2 aromatic rings. The van der Waals surface area contributed by atoms with Gasteiger partial charge in [-0.15, -0.1) is 0 Å². The van der Waals surface area contributed by atoms with Gasteiger partial charge in [0, 0.05) is 11.6 Å². The van der Waals surface area contributed by atoms with Gasteiger partial charge in [0.1, 0.15) is 11.4 Å². The SMILES string of the molecule is CCOc1ccc(-c2cc(C(=O)OC)on2)cc1. The van der Waals surface area contributed by atoms with E-state index in [1.54, 1.807) is 6.07 Å². The van der Waals surface area contributed by atoms with E-state index < -0.39 is 5.97 Å². The van der Waals surface area contributed by atoms with E-state index in [2.05, 4.69) is 9.89 Å². The summed E-state index contributed by atoms with van der Waals surface area (Å²) in [5, 5.41) is 3.81. The minimum absolute atomic E-state index is 0.0846. The fraction of sp³-hybridized carbons (Fsp3) is 0.231. The number of methoxy groups -OCH3 is 1. The molecule has 0 aliphatic heterocycles. The fourth-order valence-electron chi connectivity index (χ4n) is 1.50. The number of hydrogen-bond acceptors (Lipinski definition) is 5. The van der Waals surface area contributed by atoms with Gasteiger partial charge in [-0.2, -0.15) is 0 Å². The van der Waals surface area contributed by atoms with Crippen LogP contribution in [0, 0.1) is 0 Å². The molecule has 5 heteroatoms. The molecule has 0 atom stereocenters. The third-order valence-electron chi connectivity index (χ3n) is 2.36. The lowest BCUT2D eigenvalue weighted by Gasteiger charge is -2.02. The molecule has 0 N–H and O–H groups in total. The largest absolute Gasteiger partial charge is 0.494 e. The van der Waals surface area contributed by atoms with Crippen LogP contribution in [-0.2, 0) is 4.74 Å². The Labute approximate surface area is 104 Å². The third-order valence-corrected chi connectivity index (χ3v) is 2.36. The average Bonchev–Trinajstić information content (AvgIpc) is 2.89. The van der Waals surface area contributed by atoms with Crippen molar-refractivity contribution in [1.29, 1.82) is 0 Å². The zero-order valence-electron chi connectivity index (χ0n) is 10.2. The molecular weight excluding hydrogens is 234 g/mol. The lowest BCUT2D eigenvalue weighted by atomic mass is 10.1. The van der Waals surface area contributed by atoms with E-state index in [-0.39, 0.29) is 5.76 Å². The Morgan fingerprint density at radius 3 is 2.67 bits per heavy atom. The average molecular weight is 247 g/mol. The standard InChI is InChI=1S/C13H13NO4/c1-3-17-10-6-4-9(5-7-10)11-8-12(18-14-11)13(15)16-2/h4-8H,3H2,1-2H3. The second-order valence-corrected chi connectivity index (χ2v) is 3.53. The first-order valence-electron chi connectivity index (χ1n) is 5.53. The van der Waals surface area contributed by atoms with Crippen molar-refractivity contribution in [2.75, 3.05) is 13.7 Å². The Morgan fingerprint density at radius 2 is 2.06 bits per heavy atom. The van der Waals surface area contributed by atoms with Crippen molar-refractivity contribution in [3.8, 4) is 17.0 Å². The van der Waals surface area contributed by atoms with Crippen molar-refractivity contribution < 1.29 is 18.8 Å². The molecule has 0 radical (unpaired) electrons. The van der Waals surface area contributed by atoms with Gasteiger partial charge in [-0.05, 0) is 31.2 Å². The highest BCUT2D eigenvalue weighted by Gasteiger charge is 2.13. The minimum Gasteiger partial charge on any atom is -0.494 e. The summed E-state index contributed by atoms with van der Waals surface area (Å²) in [7, 11) is 1.29. The van der Waals surface area contributed by atoms with Crippen LogP contribution in [0.15, 0.2) is 34.9 Å². The molecule has 5 nitrogen and oxygen atoms in total. The van der Waals surface area contributed by atoms with Crippen molar-refractivity contribution in [2.24, 2.45) is 0 Å². The molecule has 0 amide bonds. The van der Waals surface area contributed by atoms with Crippen LogP contribution in [-0.4, -0.2) is 24.8 Å². The molecule has 0 aliphatic rings. The summed E-state index contributed by atoms with van der Waals surface area (Å²) >= 11 is 0. The van der Waals surface area contributed by atoms with E-state index in [9.17, 15) is 4.79 Å². The van der Waals surface area contributed by atoms with Gasteiger partial charge in [-0.25, -0.2) is 4.79 Å². The number of carbonyl (C=O) groups excluding carboxylic acids is 1. The van der Waals surface area contributed by atoms with Gasteiger partial charge in [0.2, 0.25) is 5.76 Å². The molecule has 1 heterocycles. The monoisotopic (exact) mass is 247 g/mol. The fourth-order valence-corrected chi connectivity index (χ4v) is 1.50. The molecule has 0 spiro atoms. The number of esters is 1. The van der Waals surface area contributed by atoms with Crippen LogP contribution in [0.5, 0.6) is 5.75 Å². The number of hydrogen-bond donors (Lipinski definition) is 0. The van der Waals surface area contributed by atoms with Crippen molar-refractivity contribution in [3.05, 3.63) is 36.1 Å². The molecule has 1 aromatic carbocycles. The summed E-state index contributed by atoms with van der Waals surface area (Å²) < 4.78 is 14.8. The molecule has 0 aliphatic carbocycles. The van der Waals surface area contributed by atoms with E-state index in [0.29, 0.717) is 12.3 Å². The highest BCUT2D eigenvalue weighted by Crippen LogP contribution is 2.22. The predicted octanol–water partition coefficient (Wildman–Crippen LogP) is 2.53. The maximum absolute atomic E-state index is 11.2. The van der Waals surface area contributed by atoms with Gasteiger partial charge in [0.05, 0.1) is 13.7 Å². The zero-order valence-corrected chi connectivity index (χ0v) is 10.2. The normalized spacial score (nSPS) is 10.1. The van der Waals surface area contributed by atoms with E-state index in [1.807, 2.05) is 31.2 Å². The smallest absolute Gasteiger partial charge is 0.376 e. The molecule has 2 rings (SSSR count). The lowest BCUT2D eigenvalue weighted by molar-refractivity contribution is 0.0554. The number of nitrogens with zero attached hydrogens (tertiary/aromatic N) is 1. The van der Waals surface area contributed by atoms with Gasteiger partial charge in [0.15, 0.2) is 0 Å². The van der Waals surface area contributed by atoms with Crippen LogP contribution in [0.3, 0.4) is 0 Å². The number of carbonyl (C=O) groups is 1. The lowest BCUT2D eigenvalue weighted by Crippen LogP contribution is -1.98. The van der Waals surface area contributed by atoms with Crippen LogP contribution >= 0.6 is 0 Å². The molecular formula is C13H13NO4. The Hall–Kier alpha value is -2.30. The van der Waals surface area contributed by atoms with Crippen LogP contribution in [0.2, 0.25) is 0 Å². The molecule has 0 unspecified atom stereocenters. The van der Waals surface area contributed by atoms with Gasteiger partial charge < -0.3 is 14.0 Å². The van der Waals surface area contributed by atoms with Gasteiger partial charge in [-0.1, -0.05) is 5.16 Å². The number of rotatable bonds is 4. The second kappa shape index (κ2) is 5.35. The number of ether oxygens (including phenoxy) is 2. The quantitative estimate of drug-likeness (QED) is 0.777. The Balaban J connectivity index is 2.20. The van der Waals surface area contributed by atoms with Crippen molar-refractivity contribution >= 4 is 5.97 Å². The molecule has 0 bridgehead atoms. The van der Waals surface area contributed by atoms with Gasteiger partial charge in [-0.3, -0.25) is 0 Å². The Kier molecular flexibility index (Phi) is 3.62. The second-order valence-electron chi connectivity index (χ2n) is 3.53. The van der Waals surface area contributed by atoms with Crippen molar-refractivity contribution in [1.82, 2.24) is 5.16 Å². The maximum Gasteiger partial charge on any atom is 0.376 e. The zero-order chi connectivity index (χ0) is 13.0. The molecule has 0 saturated heterocycles. The van der Waals surface area contributed by atoms with Crippen LogP contribution in [0.25, 0.3) is 11.3 Å². The first kappa shape index (κ1) is 12.2. The number of aromatic nitrogens is 1. The molecule has 0 fully saturated rings. The summed E-state index contributed by atoms with van der Waals surface area (Å²) in [5.41, 5.74) is 1.43. The molecule has 1 aromatic heterocycles. The molecule has 94 valence electrons. The van der Waals surface area contributed by atoms with E-state index in [4.69, 9.17) is 9.26 Å². The first-order valence-corrected chi connectivity index (χ1v) is 5.53. The van der Waals surface area contributed by atoms with Crippen LogP contribution in [0.1, 0.15) is 17.5 Å². The number of benzene rings is 1. The predicted molar refractivity (Wildman–Crippen MR) is 64.4 cm³/mol. The van der Waals surface area contributed by atoms with E-state index in [1.165, 1.54) is 7.11 Å². The Bertz CT molecular complexity index is 530. The summed E-state index contributed by atoms with van der Waals surface area (Å²) in [6.07, 6.45) is 0. The van der Waals surface area contributed by atoms with E-state index >= 15 is 0 Å². The van der Waals surface area contributed by atoms with Crippen LogP contribution < -0.4 is 4.74 Å². The van der Waals surface area contributed by atoms with Crippen LogP contribution in [0.4, 0.5) is 0 Å². The third kappa shape index (κ3) is 2.51. The summed E-state index contributed by atoms with van der Waals surface area (Å²) in [4.78, 5) is 11.2. The summed E-state index contributed by atoms with van der Waals surface area (Å²) in [5.74, 6) is 0.332. The summed E-state index contributed by atoms with van der Waals surface area (Å²) in [6, 6.07) is 8.92. The Morgan fingerprint density at radius 1 is 1.33 bits per heavy atom. The highest BCUT2D eigenvalue weighted by atomic mass is 16.5. The summed E-state index contributed by atoms with van der Waals surface area (Å²) in [6.45, 7) is 2.55. The minimum atomic E-state index is -0.542. The molecule has 0 saturated carbocycles. The van der Waals surface area contributed by atoms with Gasteiger partial charge in [0.25, 0.3) is 0 Å². The molecule has 18 heavy (non-hydrogen) atoms. The highest BCUT2D eigenvalue weighted by molar-refractivity contribution is 5.87. The van der Waals surface area contributed by atoms with Crippen molar-refractivity contribution in [2.45, 2.75) is 6.92 Å². The maximum atomic E-state index is 11.2.